The Morgan fingerprint density at radius 3 is 2.44 bits per heavy atom. The number of hydrogen-bond donors (Lipinski definition) is 4. The summed E-state index contributed by atoms with van der Waals surface area (Å²) in [5, 5.41) is 11.6. The number of benzene rings is 2. The third-order valence-corrected chi connectivity index (χ3v) is 7.35. The summed E-state index contributed by atoms with van der Waals surface area (Å²) < 4.78 is 54.0. The van der Waals surface area contributed by atoms with E-state index in [-0.39, 0.29) is 40.2 Å². The summed E-state index contributed by atoms with van der Waals surface area (Å²) in [6.45, 7) is 2.03. The summed E-state index contributed by atoms with van der Waals surface area (Å²) in [6, 6.07) is 5.42. The molecule has 1 saturated heterocycles. The van der Waals surface area contributed by atoms with E-state index in [9.17, 15) is 27.1 Å². The van der Waals surface area contributed by atoms with E-state index in [1.165, 1.54) is 16.4 Å². The molecule has 2 atom stereocenters. The molecule has 32 heavy (non-hydrogen) atoms. The van der Waals surface area contributed by atoms with Gasteiger partial charge in [0.2, 0.25) is 10.0 Å². The number of carbonyl (C=O) groups is 1. The minimum Gasteiger partial charge on any atom is -0.393 e. The van der Waals surface area contributed by atoms with Crippen LogP contribution in [0.1, 0.15) is 23.7 Å². The quantitative estimate of drug-likeness (QED) is 0.256. The van der Waals surface area contributed by atoms with E-state index in [0.717, 1.165) is 18.2 Å². The van der Waals surface area contributed by atoms with Gasteiger partial charge in [0, 0.05) is 24.8 Å². The summed E-state index contributed by atoms with van der Waals surface area (Å²) in [7, 11) is -3.93. The zero-order valence-electron chi connectivity index (χ0n) is 16.6. The molecule has 0 saturated carbocycles. The van der Waals surface area contributed by atoms with Crippen LogP contribution in [0.15, 0.2) is 35.2 Å². The maximum Gasteiger partial charge on any atom is 0.257 e. The number of aliphatic hydroxyl groups excluding tert-OH is 1. The fourth-order valence-corrected chi connectivity index (χ4v) is 5.12. The van der Waals surface area contributed by atoms with E-state index in [1.807, 2.05) is 0 Å². The van der Waals surface area contributed by atoms with Gasteiger partial charge in [0.25, 0.3) is 5.91 Å². The summed E-state index contributed by atoms with van der Waals surface area (Å²) in [5.41, 5.74) is -0.282. The average molecular weight is 545 g/mol. The Kier molecular flexibility index (Phi) is 9.65. The minimum absolute atomic E-state index is 0.0254. The van der Waals surface area contributed by atoms with Crippen LogP contribution >= 0.6 is 46.5 Å². The number of aliphatic hydroxyl groups is 1. The molecule has 176 valence electrons. The third kappa shape index (κ3) is 6.07. The second-order valence-electron chi connectivity index (χ2n) is 7.05. The van der Waals surface area contributed by atoms with Crippen molar-refractivity contribution in [2.24, 2.45) is 5.92 Å². The Labute approximate surface area is 205 Å². The van der Waals surface area contributed by atoms with Crippen molar-refractivity contribution < 1.29 is 27.1 Å². The molecule has 1 aliphatic rings. The van der Waals surface area contributed by atoms with Crippen LogP contribution in [0.4, 0.5) is 14.5 Å². The van der Waals surface area contributed by atoms with Gasteiger partial charge >= 0.3 is 0 Å². The largest absolute Gasteiger partial charge is 0.393 e. The van der Waals surface area contributed by atoms with Crippen molar-refractivity contribution >= 4 is 68.1 Å². The monoisotopic (exact) mass is 544 g/mol. The van der Waals surface area contributed by atoms with Gasteiger partial charge < -0.3 is 10.4 Å². The molecule has 2 N–H and O–H groups in total. The molecule has 1 heterocycles. The molecule has 1 fully saturated rings. The van der Waals surface area contributed by atoms with Crippen LogP contribution in [0.5, 0.6) is 0 Å². The predicted molar refractivity (Wildman–Crippen MR) is 127 cm³/mol. The second-order valence-corrected chi connectivity index (χ2v) is 9.80. The number of anilines is 1. The normalized spacial score (nSPS) is 19.1. The zero-order valence-corrected chi connectivity index (χ0v) is 20.7. The first-order valence-corrected chi connectivity index (χ1v) is 12.9. The smallest absolute Gasteiger partial charge is 0.257 e. The van der Waals surface area contributed by atoms with Gasteiger partial charge in [-0.3, -0.25) is 4.79 Å². The van der Waals surface area contributed by atoms with Gasteiger partial charge in [-0.05, 0) is 36.6 Å². The first-order valence-electron chi connectivity index (χ1n) is 9.14. The number of nitrogens with zero attached hydrogens (tertiary/aromatic N) is 1. The Morgan fingerprint density at radius 2 is 1.84 bits per heavy atom. The fraction of sp³-hybridized carbons (Fsp3) is 0.316. The predicted octanol–water partition coefficient (Wildman–Crippen LogP) is 4.68. The molecule has 2 unspecified atom stereocenters. The van der Waals surface area contributed by atoms with Gasteiger partial charge in [-0.25, -0.2) is 17.2 Å². The van der Waals surface area contributed by atoms with Crippen molar-refractivity contribution in [1.82, 2.24) is 4.31 Å². The second kappa shape index (κ2) is 11.4. The Bertz CT molecular complexity index is 1080. The molecule has 2 aromatic carbocycles. The van der Waals surface area contributed by atoms with E-state index in [4.69, 9.17) is 23.2 Å². The van der Waals surface area contributed by atoms with Crippen LogP contribution in [-0.4, -0.2) is 42.9 Å². The van der Waals surface area contributed by atoms with Crippen molar-refractivity contribution in [2.45, 2.75) is 24.3 Å². The summed E-state index contributed by atoms with van der Waals surface area (Å²) in [4.78, 5) is 12.4. The first-order chi connectivity index (χ1) is 15.0. The summed E-state index contributed by atoms with van der Waals surface area (Å²) in [5.74, 6) is -3.55. The highest BCUT2D eigenvalue weighted by atomic mass is 35.5. The topological polar surface area (TPSA) is 86.7 Å². The number of halogens is 4. The first kappa shape index (κ1) is 27.2. The van der Waals surface area contributed by atoms with Gasteiger partial charge in [0.1, 0.15) is 0 Å². The van der Waals surface area contributed by atoms with Gasteiger partial charge in [0.15, 0.2) is 11.6 Å². The minimum atomic E-state index is -3.93. The van der Waals surface area contributed by atoms with Crippen LogP contribution in [-0.2, 0) is 10.0 Å². The van der Waals surface area contributed by atoms with Gasteiger partial charge in [-0.2, -0.15) is 4.31 Å². The van der Waals surface area contributed by atoms with Crippen LogP contribution < -0.4 is 5.32 Å². The molecular formula is C19H20Cl2F2N2O4S3. The van der Waals surface area contributed by atoms with E-state index < -0.39 is 38.7 Å². The number of sulfonamides is 1. The van der Waals surface area contributed by atoms with Crippen LogP contribution in [0.2, 0.25) is 10.0 Å². The highest BCUT2D eigenvalue weighted by molar-refractivity contribution is 8.59. The molecule has 0 aromatic heterocycles. The molecule has 0 spiro atoms. The average Bonchev–Trinajstić information content (AvgIpc) is 2.75. The Morgan fingerprint density at radius 1 is 1.19 bits per heavy atom. The molecule has 0 bridgehead atoms. The van der Waals surface area contributed by atoms with Crippen molar-refractivity contribution in [2.75, 3.05) is 18.4 Å². The van der Waals surface area contributed by atoms with Crippen molar-refractivity contribution in [3.8, 4) is 0 Å². The van der Waals surface area contributed by atoms with E-state index in [1.54, 1.807) is 6.92 Å². The lowest BCUT2D eigenvalue weighted by Crippen LogP contribution is -2.44. The van der Waals surface area contributed by atoms with Gasteiger partial charge in [0.05, 0.1) is 26.6 Å². The molecule has 3 rings (SSSR count). The maximum absolute atomic E-state index is 13.5. The maximum atomic E-state index is 13.5. The summed E-state index contributed by atoms with van der Waals surface area (Å²) in [6.07, 6.45) is -0.274. The number of piperidine rings is 1. The van der Waals surface area contributed by atoms with Crippen molar-refractivity contribution in [1.29, 1.82) is 0 Å². The lowest BCUT2D eigenvalue weighted by molar-refractivity contribution is 0.0628. The molecular weight excluding hydrogens is 525 g/mol. The van der Waals surface area contributed by atoms with Crippen LogP contribution in [0.3, 0.4) is 0 Å². The summed E-state index contributed by atoms with van der Waals surface area (Å²) >= 11 is 18.1. The van der Waals surface area contributed by atoms with Crippen molar-refractivity contribution in [3.63, 3.8) is 0 Å². The number of hydrogen-bond acceptors (Lipinski definition) is 6. The number of thiol groups is 2. The zero-order chi connectivity index (χ0) is 24.2. The Hall–Kier alpha value is -1.08. The molecule has 6 nitrogen and oxygen atoms in total. The lowest BCUT2D eigenvalue weighted by atomic mass is 9.99. The molecule has 1 amide bonds. The van der Waals surface area contributed by atoms with E-state index >= 15 is 0 Å². The molecule has 2 aromatic rings. The van der Waals surface area contributed by atoms with Gasteiger partial charge in [-0.1, -0.05) is 30.1 Å². The molecule has 0 aliphatic carbocycles. The SMILES string of the molecule is CC1CN(S(=O)(=O)c2ccc(Cl)c(C(=O)Nc3cc(F)c(F)c(Cl)c3)c2)CCC1O.SS. The van der Waals surface area contributed by atoms with E-state index in [0.29, 0.717) is 6.42 Å². The highest BCUT2D eigenvalue weighted by Gasteiger charge is 2.33. The molecule has 1 aliphatic heterocycles. The lowest BCUT2D eigenvalue weighted by Gasteiger charge is -2.33. The molecule has 0 radical (unpaired) electrons. The number of amides is 1. The number of nitrogens with one attached hydrogen (secondary N) is 1. The number of carbonyl (C=O) groups excluding carboxylic acids is 1. The molecule has 13 heteroatoms. The standard InChI is InChI=1S/C19H18Cl2F2N2O4S.H2S2/c1-10-9-25(5-4-17(10)26)30(28,29)12-2-3-14(20)13(8-12)19(27)24-11-6-15(21)18(23)16(22)7-11;1-2/h2-3,6-8,10,17,26H,4-5,9H2,1H3,(H,24,27);1-2H. The van der Waals surface area contributed by atoms with Crippen LogP contribution in [0.25, 0.3) is 0 Å². The third-order valence-electron chi connectivity index (χ3n) is 4.88. The van der Waals surface area contributed by atoms with Crippen molar-refractivity contribution in [3.05, 3.63) is 57.6 Å². The fourth-order valence-electron chi connectivity index (χ4n) is 3.13. The Balaban J connectivity index is 0.00000176. The van der Waals surface area contributed by atoms with Gasteiger partial charge in [-0.15, -0.1) is 23.3 Å². The van der Waals surface area contributed by atoms with Crippen LogP contribution in [0, 0.1) is 17.6 Å². The highest BCUT2D eigenvalue weighted by Crippen LogP contribution is 2.28. The number of rotatable bonds is 4. The van der Waals surface area contributed by atoms with E-state index in [2.05, 4.69) is 28.6 Å².